The highest BCUT2D eigenvalue weighted by molar-refractivity contribution is 6.06. The van der Waals surface area contributed by atoms with Crippen molar-refractivity contribution in [1.29, 1.82) is 0 Å². The van der Waals surface area contributed by atoms with Gasteiger partial charge in [-0.25, -0.2) is 4.79 Å². The van der Waals surface area contributed by atoms with Crippen LogP contribution in [-0.4, -0.2) is 36.1 Å². The summed E-state index contributed by atoms with van der Waals surface area (Å²) in [4.78, 5) is 13.0. The van der Waals surface area contributed by atoms with Crippen molar-refractivity contribution in [3.05, 3.63) is 29.3 Å². The number of carbonyl (C=O) groups is 1. The first-order chi connectivity index (χ1) is 7.97. The van der Waals surface area contributed by atoms with Crippen molar-refractivity contribution in [2.45, 2.75) is 6.92 Å². The van der Waals surface area contributed by atoms with Crippen LogP contribution >= 0.6 is 0 Å². The third-order valence-corrected chi connectivity index (χ3v) is 2.28. The minimum atomic E-state index is -0.275. The van der Waals surface area contributed by atoms with Crippen LogP contribution in [0.3, 0.4) is 0 Å². The second-order valence-corrected chi connectivity index (χ2v) is 3.81. The van der Waals surface area contributed by atoms with Crippen LogP contribution in [0.5, 0.6) is 0 Å². The summed E-state index contributed by atoms with van der Waals surface area (Å²) in [6, 6.07) is 5.03. The van der Waals surface area contributed by atoms with E-state index in [0.29, 0.717) is 11.3 Å². The molecule has 1 aromatic carbocycles. The largest absolute Gasteiger partial charge is 0.409 e. The molecule has 0 unspecified atom stereocenters. The maximum absolute atomic E-state index is 11.6. The lowest BCUT2D eigenvalue weighted by atomic mass is 10.1. The summed E-state index contributed by atoms with van der Waals surface area (Å²) in [7, 11) is 3.27. The number of oxime groups is 1. The highest BCUT2D eigenvalue weighted by Gasteiger charge is 2.13. The second-order valence-electron chi connectivity index (χ2n) is 3.81. The zero-order valence-corrected chi connectivity index (χ0v) is 10.1. The van der Waals surface area contributed by atoms with E-state index in [0.717, 1.165) is 5.56 Å². The number of hydrogen-bond donors (Lipinski definition) is 3. The Morgan fingerprint density at radius 1 is 1.47 bits per heavy atom. The molecule has 6 nitrogen and oxygen atoms in total. The average molecular weight is 236 g/mol. The van der Waals surface area contributed by atoms with Gasteiger partial charge in [-0.15, -0.1) is 0 Å². The van der Waals surface area contributed by atoms with Crippen LogP contribution in [-0.2, 0) is 0 Å². The molecule has 0 aromatic heterocycles. The summed E-state index contributed by atoms with van der Waals surface area (Å²) in [5.41, 5.74) is 7.43. The van der Waals surface area contributed by atoms with E-state index in [2.05, 4.69) is 10.5 Å². The number of rotatable bonds is 2. The summed E-state index contributed by atoms with van der Waals surface area (Å²) in [5.74, 6) is -0.0304. The normalized spacial score (nSPS) is 11.1. The molecular formula is C11H16N4O2. The number of amides is 2. The van der Waals surface area contributed by atoms with Gasteiger partial charge in [-0.2, -0.15) is 0 Å². The van der Waals surface area contributed by atoms with Crippen molar-refractivity contribution in [2.24, 2.45) is 10.9 Å². The predicted molar refractivity (Wildman–Crippen MR) is 66.4 cm³/mol. The van der Waals surface area contributed by atoms with E-state index in [1.807, 2.05) is 13.0 Å². The number of aryl methyl sites for hydroxylation is 1. The molecule has 0 atom stereocenters. The summed E-state index contributed by atoms with van der Waals surface area (Å²) in [6.45, 7) is 1.82. The van der Waals surface area contributed by atoms with Gasteiger partial charge in [0, 0.05) is 19.7 Å². The molecule has 1 aromatic rings. The Morgan fingerprint density at radius 3 is 2.65 bits per heavy atom. The number of benzene rings is 1. The first-order valence-corrected chi connectivity index (χ1v) is 5.03. The van der Waals surface area contributed by atoms with Gasteiger partial charge in [-0.1, -0.05) is 17.3 Å². The van der Waals surface area contributed by atoms with E-state index in [4.69, 9.17) is 10.9 Å². The SMILES string of the molecule is Cc1cccc(NC(=O)N(C)C)c1/C(N)=N/O. The van der Waals surface area contributed by atoms with Gasteiger partial charge in [0.05, 0.1) is 5.69 Å². The van der Waals surface area contributed by atoms with E-state index >= 15 is 0 Å². The average Bonchev–Trinajstić information content (AvgIpc) is 2.28. The van der Waals surface area contributed by atoms with E-state index in [1.165, 1.54) is 4.90 Å². The minimum Gasteiger partial charge on any atom is -0.409 e. The summed E-state index contributed by atoms with van der Waals surface area (Å²) >= 11 is 0. The van der Waals surface area contributed by atoms with Gasteiger partial charge in [0.15, 0.2) is 5.84 Å². The summed E-state index contributed by atoms with van der Waals surface area (Å²) < 4.78 is 0. The summed E-state index contributed by atoms with van der Waals surface area (Å²) in [6.07, 6.45) is 0. The lowest BCUT2D eigenvalue weighted by Gasteiger charge is -2.15. The zero-order chi connectivity index (χ0) is 13.0. The summed E-state index contributed by atoms with van der Waals surface area (Å²) in [5, 5.41) is 14.4. The number of hydrogen-bond acceptors (Lipinski definition) is 3. The molecule has 0 aliphatic carbocycles. The molecule has 0 radical (unpaired) electrons. The Morgan fingerprint density at radius 2 is 2.12 bits per heavy atom. The third kappa shape index (κ3) is 2.87. The number of anilines is 1. The highest BCUT2D eigenvalue weighted by Crippen LogP contribution is 2.19. The fraction of sp³-hybridized carbons (Fsp3) is 0.273. The van der Waals surface area contributed by atoms with Gasteiger partial charge < -0.3 is 21.2 Å². The Hall–Kier alpha value is -2.24. The molecule has 1 rings (SSSR count). The molecular weight excluding hydrogens is 220 g/mol. The molecule has 17 heavy (non-hydrogen) atoms. The predicted octanol–water partition coefficient (Wildman–Crippen LogP) is 1.18. The van der Waals surface area contributed by atoms with Gasteiger partial charge in [-0.3, -0.25) is 0 Å². The third-order valence-electron chi connectivity index (χ3n) is 2.28. The molecule has 4 N–H and O–H groups in total. The number of carbonyl (C=O) groups excluding carboxylic acids is 1. The van der Waals surface area contributed by atoms with Gasteiger partial charge >= 0.3 is 6.03 Å². The van der Waals surface area contributed by atoms with Crippen LogP contribution in [0.4, 0.5) is 10.5 Å². The number of amidine groups is 1. The van der Waals surface area contributed by atoms with Gasteiger partial charge in [0.1, 0.15) is 0 Å². The molecule has 2 amide bonds. The van der Waals surface area contributed by atoms with Crippen molar-refractivity contribution >= 4 is 17.6 Å². The maximum atomic E-state index is 11.6. The van der Waals surface area contributed by atoms with Crippen LogP contribution in [0.1, 0.15) is 11.1 Å². The van der Waals surface area contributed by atoms with E-state index in [-0.39, 0.29) is 11.9 Å². The molecule has 0 saturated heterocycles. The Kier molecular flexibility index (Phi) is 3.92. The molecule has 0 heterocycles. The van der Waals surface area contributed by atoms with Crippen molar-refractivity contribution < 1.29 is 10.0 Å². The molecule has 0 spiro atoms. The number of nitrogens with one attached hydrogen (secondary N) is 1. The molecule has 0 saturated carbocycles. The first kappa shape index (κ1) is 12.8. The fourth-order valence-corrected chi connectivity index (χ4v) is 1.39. The van der Waals surface area contributed by atoms with Gasteiger partial charge in [0.2, 0.25) is 0 Å². The molecule has 0 aliphatic heterocycles. The van der Waals surface area contributed by atoms with E-state index in [9.17, 15) is 4.79 Å². The second kappa shape index (κ2) is 5.20. The first-order valence-electron chi connectivity index (χ1n) is 5.03. The Balaban J connectivity index is 3.16. The van der Waals surface area contributed by atoms with Crippen LogP contribution < -0.4 is 11.1 Å². The maximum Gasteiger partial charge on any atom is 0.321 e. The number of nitrogens with zero attached hydrogens (tertiary/aromatic N) is 2. The number of urea groups is 1. The molecule has 6 heteroatoms. The van der Waals surface area contributed by atoms with E-state index < -0.39 is 0 Å². The lowest BCUT2D eigenvalue weighted by Crippen LogP contribution is -2.29. The van der Waals surface area contributed by atoms with E-state index in [1.54, 1.807) is 26.2 Å². The highest BCUT2D eigenvalue weighted by atomic mass is 16.4. The molecule has 0 aliphatic rings. The fourth-order valence-electron chi connectivity index (χ4n) is 1.39. The number of nitrogens with two attached hydrogens (primary N) is 1. The van der Waals surface area contributed by atoms with Crippen LogP contribution in [0.25, 0.3) is 0 Å². The quantitative estimate of drug-likeness (QED) is 0.312. The zero-order valence-electron chi connectivity index (χ0n) is 10.1. The van der Waals surface area contributed by atoms with Crippen LogP contribution in [0.15, 0.2) is 23.4 Å². The van der Waals surface area contributed by atoms with Crippen molar-refractivity contribution in [2.75, 3.05) is 19.4 Å². The van der Waals surface area contributed by atoms with Crippen LogP contribution in [0, 0.1) is 6.92 Å². The monoisotopic (exact) mass is 236 g/mol. The van der Waals surface area contributed by atoms with Crippen molar-refractivity contribution in [3.63, 3.8) is 0 Å². The topological polar surface area (TPSA) is 91.0 Å². The Labute approximate surface area is 99.7 Å². The Bertz CT molecular complexity index is 455. The standard InChI is InChI=1S/C11H16N4O2/c1-7-5-4-6-8(9(7)10(12)14-17)13-11(16)15(2)3/h4-6,17H,1-3H3,(H2,12,14)(H,13,16). The van der Waals surface area contributed by atoms with Crippen molar-refractivity contribution in [3.8, 4) is 0 Å². The molecule has 0 bridgehead atoms. The van der Waals surface area contributed by atoms with Gasteiger partial charge in [0.25, 0.3) is 0 Å². The minimum absolute atomic E-state index is 0.0304. The van der Waals surface area contributed by atoms with Crippen molar-refractivity contribution in [1.82, 2.24) is 4.90 Å². The molecule has 0 fully saturated rings. The lowest BCUT2D eigenvalue weighted by molar-refractivity contribution is 0.230. The smallest absolute Gasteiger partial charge is 0.321 e. The molecule has 92 valence electrons. The van der Waals surface area contributed by atoms with Gasteiger partial charge in [-0.05, 0) is 18.6 Å². The van der Waals surface area contributed by atoms with Crippen LogP contribution in [0.2, 0.25) is 0 Å².